The molecular weight excluding hydrogens is 368 g/mol. The summed E-state index contributed by atoms with van der Waals surface area (Å²) < 4.78 is 5.39. The number of carbonyl (C=O) groups excluding carboxylic acids is 2. The van der Waals surface area contributed by atoms with Gasteiger partial charge in [0, 0.05) is 26.2 Å². The van der Waals surface area contributed by atoms with E-state index in [4.69, 9.17) is 22.1 Å². The van der Waals surface area contributed by atoms with E-state index < -0.39 is 5.60 Å². The van der Waals surface area contributed by atoms with Crippen LogP contribution in [0.3, 0.4) is 0 Å². The standard InChI is InChI=1S/C19H27ClN4O3/c1-13-6-5-7-14(16(13)22-15(21)12-20)17(25)23-8-10-24(11-9-23)18(26)27-19(2,3)4/h5-7H,8-12H2,1-4H3,(H2,21,22). The van der Waals surface area contributed by atoms with Crippen LogP contribution in [0.5, 0.6) is 0 Å². The summed E-state index contributed by atoms with van der Waals surface area (Å²) in [6.07, 6.45) is -0.356. The zero-order valence-corrected chi connectivity index (χ0v) is 17.0. The molecule has 0 spiro atoms. The minimum absolute atomic E-state index is 0.0938. The summed E-state index contributed by atoms with van der Waals surface area (Å²) in [7, 11) is 0. The topological polar surface area (TPSA) is 88.2 Å². The lowest BCUT2D eigenvalue weighted by atomic mass is 10.1. The molecule has 1 heterocycles. The van der Waals surface area contributed by atoms with Crippen LogP contribution in [0.15, 0.2) is 23.2 Å². The number of amidine groups is 1. The number of amides is 2. The van der Waals surface area contributed by atoms with Gasteiger partial charge < -0.3 is 20.3 Å². The molecular formula is C19H27ClN4O3. The van der Waals surface area contributed by atoms with Crippen molar-refractivity contribution < 1.29 is 14.3 Å². The number of para-hydroxylation sites is 1. The molecule has 1 aliphatic heterocycles. The Labute approximate surface area is 165 Å². The Bertz CT molecular complexity index is 735. The summed E-state index contributed by atoms with van der Waals surface area (Å²) in [5.74, 6) is 0.217. The van der Waals surface area contributed by atoms with Gasteiger partial charge in [-0.25, -0.2) is 9.79 Å². The molecule has 7 nitrogen and oxygen atoms in total. The van der Waals surface area contributed by atoms with Gasteiger partial charge in [-0.2, -0.15) is 0 Å². The molecule has 27 heavy (non-hydrogen) atoms. The molecule has 0 saturated carbocycles. The molecule has 1 fully saturated rings. The molecule has 1 aromatic rings. The average molecular weight is 395 g/mol. The molecule has 2 N–H and O–H groups in total. The summed E-state index contributed by atoms with van der Waals surface area (Å²) in [6.45, 7) is 9.08. The number of piperazine rings is 1. The van der Waals surface area contributed by atoms with Crippen LogP contribution in [-0.4, -0.2) is 65.3 Å². The number of rotatable bonds is 3. The van der Waals surface area contributed by atoms with Crippen molar-refractivity contribution in [2.24, 2.45) is 10.7 Å². The Morgan fingerprint density at radius 3 is 2.33 bits per heavy atom. The van der Waals surface area contributed by atoms with Crippen LogP contribution in [0.4, 0.5) is 10.5 Å². The number of halogens is 1. The lowest BCUT2D eigenvalue weighted by Gasteiger charge is -2.35. The van der Waals surface area contributed by atoms with Crippen molar-refractivity contribution in [2.75, 3.05) is 32.1 Å². The van der Waals surface area contributed by atoms with Crippen molar-refractivity contribution >= 4 is 35.1 Å². The smallest absolute Gasteiger partial charge is 0.410 e. The normalized spacial score (nSPS) is 15.7. The quantitative estimate of drug-likeness (QED) is 0.485. The summed E-state index contributed by atoms with van der Waals surface area (Å²) in [5, 5.41) is 0. The van der Waals surface area contributed by atoms with Crippen molar-refractivity contribution in [3.63, 3.8) is 0 Å². The second kappa shape index (κ2) is 8.61. The Balaban J connectivity index is 2.11. The first-order valence-corrected chi connectivity index (χ1v) is 9.41. The molecule has 148 valence electrons. The fraction of sp³-hybridized carbons (Fsp3) is 0.526. The van der Waals surface area contributed by atoms with E-state index >= 15 is 0 Å². The van der Waals surface area contributed by atoms with Crippen molar-refractivity contribution in [3.05, 3.63) is 29.3 Å². The largest absolute Gasteiger partial charge is 0.444 e. The van der Waals surface area contributed by atoms with Crippen molar-refractivity contribution in [2.45, 2.75) is 33.3 Å². The minimum atomic E-state index is -0.541. The third-order valence-electron chi connectivity index (χ3n) is 4.08. The van der Waals surface area contributed by atoms with Gasteiger partial charge in [0.15, 0.2) is 0 Å². The number of aliphatic imine (C=N–C) groups is 1. The van der Waals surface area contributed by atoms with Gasteiger partial charge in [0.25, 0.3) is 5.91 Å². The van der Waals surface area contributed by atoms with Crippen LogP contribution in [0.1, 0.15) is 36.7 Å². The van der Waals surface area contributed by atoms with Gasteiger partial charge in [0.1, 0.15) is 11.4 Å². The third-order valence-corrected chi connectivity index (χ3v) is 4.35. The lowest BCUT2D eigenvalue weighted by Crippen LogP contribution is -2.51. The highest BCUT2D eigenvalue weighted by Crippen LogP contribution is 2.26. The highest BCUT2D eigenvalue weighted by atomic mass is 35.5. The number of hydrogen-bond acceptors (Lipinski definition) is 4. The molecule has 8 heteroatoms. The van der Waals surface area contributed by atoms with Crippen molar-refractivity contribution in [3.8, 4) is 0 Å². The molecule has 0 aromatic heterocycles. The predicted octanol–water partition coefficient (Wildman–Crippen LogP) is 2.92. The molecule has 0 atom stereocenters. The van der Waals surface area contributed by atoms with E-state index in [0.717, 1.165) is 5.56 Å². The van der Waals surface area contributed by atoms with Crippen LogP contribution in [0.25, 0.3) is 0 Å². The van der Waals surface area contributed by atoms with Gasteiger partial charge in [-0.05, 0) is 39.3 Å². The highest BCUT2D eigenvalue weighted by Gasteiger charge is 2.29. The number of ether oxygens (including phenoxy) is 1. The zero-order valence-electron chi connectivity index (χ0n) is 16.3. The lowest BCUT2D eigenvalue weighted by molar-refractivity contribution is 0.0141. The van der Waals surface area contributed by atoms with Crippen LogP contribution in [0.2, 0.25) is 0 Å². The maximum atomic E-state index is 13.0. The zero-order chi connectivity index (χ0) is 20.2. The molecule has 1 aliphatic rings. The molecule has 0 unspecified atom stereocenters. The number of hydrogen-bond donors (Lipinski definition) is 1. The van der Waals surface area contributed by atoms with Gasteiger partial charge in [-0.15, -0.1) is 11.6 Å². The Morgan fingerprint density at radius 2 is 1.78 bits per heavy atom. The van der Waals surface area contributed by atoms with Crippen LogP contribution in [0, 0.1) is 6.92 Å². The summed E-state index contributed by atoms with van der Waals surface area (Å²) in [5.41, 5.74) is 7.08. The number of nitrogens with zero attached hydrogens (tertiary/aromatic N) is 3. The van der Waals surface area contributed by atoms with E-state index in [0.29, 0.717) is 37.4 Å². The first-order chi connectivity index (χ1) is 12.6. The molecule has 1 saturated heterocycles. The van der Waals surface area contributed by atoms with E-state index in [9.17, 15) is 9.59 Å². The van der Waals surface area contributed by atoms with Gasteiger partial charge in [-0.3, -0.25) is 4.79 Å². The van der Waals surface area contributed by atoms with Crippen molar-refractivity contribution in [1.29, 1.82) is 0 Å². The fourth-order valence-corrected chi connectivity index (χ4v) is 2.80. The fourth-order valence-electron chi connectivity index (χ4n) is 2.74. The average Bonchev–Trinajstić information content (AvgIpc) is 2.61. The maximum Gasteiger partial charge on any atom is 0.410 e. The first kappa shape index (κ1) is 21.0. The molecule has 0 radical (unpaired) electrons. The van der Waals surface area contributed by atoms with Gasteiger partial charge in [0.2, 0.25) is 0 Å². The van der Waals surface area contributed by atoms with E-state index in [1.807, 2.05) is 39.8 Å². The summed E-state index contributed by atoms with van der Waals surface area (Å²) in [6, 6.07) is 5.42. The van der Waals surface area contributed by atoms with Gasteiger partial charge in [0.05, 0.1) is 17.1 Å². The van der Waals surface area contributed by atoms with Crippen LogP contribution >= 0.6 is 11.6 Å². The first-order valence-electron chi connectivity index (χ1n) is 8.88. The Morgan fingerprint density at radius 1 is 1.19 bits per heavy atom. The van der Waals surface area contributed by atoms with E-state index in [2.05, 4.69) is 4.99 Å². The van der Waals surface area contributed by atoms with E-state index in [-0.39, 0.29) is 23.7 Å². The number of alkyl halides is 1. The second-order valence-electron chi connectivity index (χ2n) is 7.47. The third kappa shape index (κ3) is 5.60. The Kier molecular flexibility index (Phi) is 6.70. The molecule has 0 aliphatic carbocycles. The molecule has 0 bridgehead atoms. The SMILES string of the molecule is Cc1cccc(C(=O)N2CCN(C(=O)OC(C)(C)C)CC2)c1N=C(N)CCl. The minimum Gasteiger partial charge on any atom is -0.444 e. The monoisotopic (exact) mass is 394 g/mol. The number of nitrogens with two attached hydrogens (primary N) is 1. The molecule has 1 aromatic carbocycles. The number of benzene rings is 1. The van der Waals surface area contributed by atoms with Crippen molar-refractivity contribution in [1.82, 2.24) is 9.80 Å². The second-order valence-corrected chi connectivity index (χ2v) is 7.73. The van der Waals surface area contributed by atoms with Crippen LogP contribution in [-0.2, 0) is 4.74 Å². The number of aryl methyl sites for hydroxylation is 1. The van der Waals surface area contributed by atoms with E-state index in [1.165, 1.54) is 0 Å². The number of carbonyl (C=O) groups is 2. The van der Waals surface area contributed by atoms with E-state index in [1.54, 1.807) is 15.9 Å². The predicted molar refractivity (Wildman–Crippen MR) is 107 cm³/mol. The Hall–Kier alpha value is -2.28. The summed E-state index contributed by atoms with van der Waals surface area (Å²) in [4.78, 5) is 32.8. The van der Waals surface area contributed by atoms with Gasteiger partial charge in [-0.1, -0.05) is 12.1 Å². The van der Waals surface area contributed by atoms with Crippen LogP contribution < -0.4 is 5.73 Å². The summed E-state index contributed by atoms with van der Waals surface area (Å²) >= 11 is 5.73. The van der Waals surface area contributed by atoms with Gasteiger partial charge >= 0.3 is 6.09 Å². The molecule has 2 rings (SSSR count). The molecule has 2 amide bonds. The highest BCUT2D eigenvalue weighted by molar-refractivity contribution is 6.28. The maximum absolute atomic E-state index is 13.0.